The minimum absolute atomic E-state index is 0.0936. The summed E-state index contributed by atoms with van der Waals surface area (Å²) < 4.78 is 5.50. The molecule has 1 saturated carbocycles. The number of hydrogen-bond donors (Lipinski definition) is 1. The Morgan fingerprint density at radius 1 is 1.59 bits per heavy atom. The summed E-state index contributed by atoms with van der Waals surface area (Å²) in [7, 11) is 0. The van der Waals surface area contributed by atoms with E-state index in [1.54, 1.807) is 6.07 Å². The van der Waals surface area contributed by atoms with Gasteiger partial charge in [-0.15, -0.1) is 0 Å². The van der Waals surface area contributed by atoms with E-state index >= 15 is 0 Å². The molecule has 1 fully saturated rings. The molecule has 0 aromatic heterocycles. The Morgan fingerprint density at radius 3 is 3.00 bits per heavy atom. The van der Waals surface area contributed by atoms with E-state index in [-0.39, 0.29) is 12.2 Å². The summed E-state index contributed by atoms with van der Waals surface area (Å²) in [6, 6.07) is 5.37. The van der Waals surface area contributed by atoms with Crippen molar-refractivity contribution in [1.82, 2.24) is 0 Å². The number of carboxylic acid groups (broad SMARTS) is 1. The molecular formula is C13H12O4. The smallest absolute Gasteiger partial charge is 0.348 e. The highest BCUT2D eigenvalue weighted by atomic mass is 16.5. The Morgan fingerprint density at radius 2 is 2.35 bits per heavy atom. The van der Waals surface area contributed by atoms with Crippen molar-refractivity contribution in [3.8, 4) is 5.75 Å². The number of benzene rings is 1. The third-order valence-electron chi connectivity index (χ3n) is 3.60. The van der Waals surface area contributed by atoms with Crippen molar-refractivity contribution in [2.45, 2.75) is 25.4 Å². The van der Waals surface area contributed by atoms with Crippen molar-refractivity contribution in [2.75, 3.05) is 0 Å². The van der Waals surface area contributed by atoms with Gasteiger partial charge in [0.2, 0.25) is 5.60 Å². The molecule has 1 N–H and O–H groups in total. The number of ether oxygens (including phenoxy) is 1. The summed E-state index contributed by atoms with van der Waals surface area (Å²) in [5.41, 5.74) is 0.311. The first-order valence-corrected chi connectivity index (χ1v) is 5.68. The number of aliphatic carboxylic acids is 1. The van der Waals surface area contributed by atoms with Crippen molar-refractivity contribution in [1.29, 1.82) is 0 Å². The van der Waals surface area contributed by atoms with Gasteiger partial charge in [-0.25, -0.2) is 4.79 Å². The number of hydrogen-bond acceptors (Lipinski definition) is 3. The SMILES string of the molecule is CCc1ccc2c(c1)C(=O)[C@H]1C[C@]1(C(=O)O)O2. The van der Waals surface area contributed by atoms with Gasteiger partial charge in [-0.05, 0) is 24.1 Å². The van der Waals surface area contributed by atoms with Gasteiger partial charge >= 0.3 is 5.97 Å². The lowest BCUT2D eigenvalue weighted by molar-refractivity contribution is -0.148. The zero-order valence-corrected chi connectivity index (χ0v) is 9.40. The summed E-state index contributed by atoms with van der Waals surface area (Å²) >= 11 is 0. The molecule has 2 aliphatic rings. The third kappa shape index (κ3) is 1.24. The fraction of sp³-hybridized carbons (Fsp3) is 0.385. The largest absolute Gasteiger partial charge is 0.478 e. The number of aryl methyl sites for hydroxylation is 1. The fourth-order valence-corrected chi connectivity index (χ4v) is 2.40. The maximum atomic E-state index is 12.1. The standard InChI is InChI=1S/C13H12O4/c1-2-7-3-4-10-8(5-7)11(14)9-6-13(9,17-10)12(15)16/h3-5,9H,2,6H2,1H3,(H,15,16)/t9-,13+/m1/s1. The van der Waals surface area contributed by atoms with Crippen LogP contribution in [0.1, 0.15) is 29.3 Å². The van der Waals surface area contributed by atoms with E-state index in [1.165, 1.54) is 0 Å². The molecule has 0 unspecified atom stereocenters. The van der Waals surface area contributed by atoms with Crippen LogP contribution in [-0.2, 0) is 11.2 Å². The molecule has 1 heterocycles. The number of carbonyl (C=O) groups is 2. The van der Waals surface area contributed by atoms with E-state index in [0.29, 0.717) is 11.3 Å². The highest BCUT2D eigenvalue weighted by Gasteiger charge is 2.69. The molecule has 0 amide bonds. The van der Waals surface area contributed by atoms with Crippen LogP contribution in [0, 0.1) is 5.92 Å². The van der Waals surface area contributed by atoms with Crippen molar-refractivity contribution in [2.24, 2.45) is 5.92 Å². The van der Waals surface area contributed by atoms with Crippen LogP contribution >= 0.6 is 0 Å². The van der Waals surface area contributed by atoms with E-state index in [9.17, 15) is 9.59 Å². The van der Waals surface area contributed by atoms with Crippen molar-refractivity contribution < 1.29 is 19.4 Å². The van der Waals surface area contributed by atoms with Gasteiger partial charge < -0.3 is 9.84 Å². The van der Waals surface area contributed by atoms with Gasteiger partial charge in [-0.3, -0.25) is 4.79 Å². The van der Waals surface area contributed by atoms with Gasteiger partial charge in [0, 0.05) is 6.42 Å². The molecule has 1 aliphatic heterocycles. The minimum Gasteiger partial charge on any atom is -0.478 e. The maximum absolute atomic E-state index is 12.1. The van der Waals surface area contributed by atoms with Crippen LogP contribution in [0.3, 0.4) is 0 Å². The Labute approximate surface area is 98.2 Å². The summed E-state index contributed by atoms with van der Waals surface area (Å²) in [5.74, 6) is -1.23. The zero-order valence-electron chi connectivity index (χ0n) is 9.40. The van der Waals surface area contributed by atoms with Gasteiger partial charge in [-0.2, -0.15) is 0 Å². The molecule has 0 radical (unpaired) electrons. The molecule has 88 valence electrons. The monoisotopic (exact) mass is 232 g/mol. The molecule has 3 rings (SSSR count). The number of ketones is 1. The van der Waals surface area contributed by atoms with Crippen LogP contribution in [-0.4, -0.2) is 22.5 Å². The second-order valence-corrected chi connectivity index (χ2v) is 4.60. The molecule has 0 bridgehead atoms. The molecule has 1 aliphatic carbocycles. The highest BCUT2D eigenvalue weighted by Crippen LogP contribution is 2.53. The van der Waals surface area contributed by atoms with Gasteiger partial charge in [0.15, 0.2) is 5.78 Å². The number of rotatable bonds is 2. The summed E-state index contributed by atoms with van der Waals surface area (Å²) in [4.78, 5) is 23.2. The first kappa shape index (κ1) is 10.3. The lowest BCUT2D eigenvalue weighted by Crippen LogP contribution is -2.37. The molecule has 17 heavy (non-hydrogen) atoms. The second-order valence-electron chi connectivity index (χ2n) is 4.60. The van der Waals surface area contributed by atoms with Crippen LogP contribution in [0.25, 0.3) is 0 Å². The van der Waals surface area contributed by atoms with E-state index in [4.69, 9.17) is 9.84 Å². The third-order valence-corrected chi connectivity index (χ3v) is 3.60. The Balaban J connectivity index is 2.07. The van der Waals surface area contributed by atoms with E-state index in [2.05, 4.69) is 0 Å². The van der Waals surface area contributed by atoms with Gasteiger partial charge in [0.25, 0.3) is 0 Å². The van der Waals surface area contributed by atoms with Gasteiger partial charge in [-0.1, -0.05) is 13.0 Å². The molecule has 0 saturated heterocycles. The highest BCUT2D eigenvalue weighted by molar-refractivity contribution is 6.09. The van der Waals surface area contributed by atoms with Crippen molar-refractivity contribution >= 4 is 11.8 Å². The molecule has 2 atom stereocenters. The lowest BCUT2D eigenvalue weighted by Gasteiger charge is -2.22. The number of fused-ring (bicyclic) bond motifs is 2. The quantitative estimate of drug-likeness (QED) is 0.842. The maximum Gasteiger partial charge on any atom is 0.348 e. The average molecular weight is 232 g/mol. The van der Waals surface area contributed by atoms with Crippen molar-refractivity contribution in [3.05, 3.63) is 29.3 Å². The second kappa shape index (κ2) is 3.09. The minimum atomic E-state index is -1.28. The molecule has 0 spiro atoms. The normalized spacial score (nSPS) is 29.0. The first-order chi connectivity index (χ1) is 8.08. The summed E-state index contributed by atoms with van der Waals surface area (Å²) in [6.07, 6.45) is 1.13. The molecule has 1 aromatic carbocycles. The zero-order chi connectivity index (χ0) is 12.2. The number of carbonyl (C=O) groups excluding carboxylic acids is 1. The predicted octanol–water partition coefficient (Wildman–Crippen LogP) is 1.67. The summed E-state index contributed by atoms with van der Waals surface area (Å²) in [5, 5.41) is 9.11. The van der Waals surface area contributed by atoms with E-state index in [1.807, 2.05) is 19.1 Å². The van der Waals surface area contributed by atoms with Crippen LogP contribution in [0.15, 0.2) is 18.2 Å². The Bertz CT molecular complexity index is 534. The van der Waals surface area contributed by atoms with Crippen LogP contribution < -0.4 is 4.74 Å². The van der Waals surface area contributed by atoms with Crippen LogP contribution in [0.2, 0.25) is 0 Å². The molecule has 1 aromatic rings. The van der Waals surface area contributed by atoms with Gasteiger partial charge in [0.1, 0.15) is 5.75 Å². The molecular weight excluding hydrogens is 220 g/mol. The van der Waals surface area contributed by atoms with E-state index in [0.717, 1.165) is 12.0 Å². The summed E-state index contributed by atoms with van der Waals surface area (Å²) in [6.45, 7) is 2.01. The van der Waals surface area contributed by atoms with Crippen molar-refractivity contribution in [3.63, 3.8) is 0 Å². The lowest BCUT2D eigenvalue weighted by atomic mass is 9.98. The fourth-order valence-electron chi connectivity index (χ4n) is 2.40. The number of carboxylic acids is 1. The Hall–Kier alpha value is -1.84. The molecule has 4 heteroatoms. The predicted molar refractivity (Wildman–Crippen MR) is 59.3 cm³/mol. The first-order valence-electron chi connectivity index (χ1n) is 5.68. The van der Waals surface area contributed by atoms with E-state index < -0.39 is 17.5 Å². The Kier molecular flexibility index (Phi) is 1.88. The topological polar surface area (TPSA) is 63.6 Å². The van der Waals surface area contributed by atoms with Crippen LogP contribution in [0.5, 0.6) is 5.75 Å². The van der Waals surface area contributed by atoms with Gasteiger partial charge in [0.05, 0.1) is 11.5 Å². The number of Topliss-reactive ketones (excluding diaryl/α,β-unsaturated/α-hetero) is 1. The average Bonchev–Trinajstić information content (AvgIpc) is 3.05. The molecule has 4 nitrogen and oxygen atoms in total. The van der Waals surface area contributed by atoms with Crippen LogP contribution in [0.4, 0.5) is 0 Å².